The fourth-order valence-corrected chi connectivity index (χ4v) is 2.49. The van der Waals surface area contributed by atoms with Gasteiger partial charge in [-0.05, 0) is 48.4 Å². The highest BCUT2D eigenvalue weighted by Gasteiger charge is 2.08. The van der Waals surface area contributed by atoms with Crippen LogP contribution in [0.4, 0.5) is 17.1 Å². The molecule has 0 bridgehead atoms. The van der Waals surface area contributed by atoms with Crippen LogP contribution in [0.2, 0.25) is 0 Å². The summed E-state index contributed by atoms with van der Waals surface area (Å²) in [5.74, 6) is -0.280. The predicted octanol–water partition coefficient (Wildman–Crippen LogP) is 4.51. The van der Waals surface area contributed by atoms with Crippen LogP contribution < -0.4 is 10.6 Å². The van der Waals surface area contributed by atoms with Crippen LogP contribution in [0.3, 0.4) is 0 Å². The van der Waals surface area contributed by atoms with Gasteiger partial charge in [0.1, 0.15) is 0 Å². The first-order valence-corrected chi connectivity index (χ1v) is 8.30. The fourth-order valence-electron chi connectivity index (χ4n) is 2.49. The van der Waals surface area contributed by atoms with Crippen LogP contribution in [0, 0.1) is 11.3 Å². The molecule has 128 valence electrons. The lowest BCUT2D eigenvalue weighted by molar-refractivity contribution is 0.102. The summed E-state index contributed by atoms with van der Waals surface area (Å²) in [5.41, 5.74) is 4.43. The molecule has 0 aliphatic carbocycles. The van der Waals surface area contributed by atoms with Crippen molar-refractivity contribution >= 4 is 23.0 Å². The number of benzene rings is 2. The Morgan fingerprint density at radius 1 is 1.04 bits per heavy atom. The monoisotopic (exact) mass is 342 g/mol. The van der Waals surface area contributed by atoms with Gasteiger partial charge in [0.25, 0.3) is 5.91 Å². The van der Waals surface area contributed by atoms with Crippen molar-refractivity contribution in [1.29, 1.82) is 5.26 Å². The van der Waals surface area contributed by atoms with Crippen molar-refractivity contribution in [3.63, 3.8) is 0 Å². The number of aryl methyl sites for hydroxylation is 1. The van der Waals surface area contributed by atoms with Crippen LogP contribution in [0.1, 0.15) is 28.4 Å². The second kappa shape index (κ2) is 7.95. The molecule has 0 radical (unpaired) electrons. The molecule has 0 aliphatic heterocycles. The number of hydrogen-bond acceptors (Lipinski definition) is 4. The van der Waals surface area contributed by atoms with Gasteiger partial charge in [-0.15, -0.1) is 0 Å². The Balaban J connectivity index is 1.73. The van der Waals surface area contributed by atoms with E-state index in [4.69, 9.17) is 5.26 Å². The number of nitrogens with one attached hydrogen (secondary N) is 2. The van der Waals surface area contributed by atoms with E-state index in [0.717, 1.165) is 17.8 Å². The molecule has 1 aromatic heterocycles. The Bertz CT molecular complexity index is 958. The third-order valence-electron chi connectivity index (χ3n) is 3.90. The van der Waals surface area contributed by atoms with Crippen molar-refractivity contribution in [3.05, 3.63) is 83.7 Å². The highest BCUT2D eigenvalue weighted by Crippen LogP contribution is 2.18. The highest BCUT2D eigenvalue weighted by molar-refractivity contribution is 6.04. The topological polar surface area (TPSA) is 77.8 Å². The molecule has 26 heavy (non-hydrogen) atoms. The van der Waals surface area contributed by atoms with E-state index in [9.17, 15) is 4.79 Å². The van der Waals surface area contributed by atoms with Crippen molar-refractivity contribution in [3.8, 4) is 6.07 Å². The summed E-state index contributed by atoms with van der Waals surface area (Å²) in [6.07, 6.45) is 4.17. The molecule has 3 rings (SSSR count). The van der Waals surface area contributed by atoms with E-state index in [2.05, 4.69) is 40.7 Å². The molecular weight excluding hydrogens is 324 g/mol. The number of carbonyl (C=O) groups is 1. The Hall–Kier alpha value is -3.65. The summed E-state index contributed by atoms with van der Waals surface area (Å²) in [7, 11) is 0. The third kappa shape index (κ3) is 4.25. The summed E-state index contributed by atoms with van der Waals surface area (Å²) in [6.45, 7) is 2.11. The number of nitriles is 1. The van der Waals surface area contributed by atoms with Gasteiger partial charge in [-0.1, -0.05) is 25.1 Å². The lowest BCUT2D eigenvalue weighted by atomic mass is 10.1. The van der Waals surface area contributed by atoms with Crippen molar-refractivity contribution in [2.24, 2.45) is 0 Å². The smallest absolute Gasteiger partial charge is 0.257 e. The first-order valence-electron chi connectivity index (χ1n) is 8.30. The molecule has 0 saturated heterocycles. The standard InChI is InChI=1S/C21H18N4O/c1-2-15-6-8-18(9-7-15)24-20-11-17(13-23-14-20)21(26)25-19-5-3-4-16(10-19)12-22/h3-11,13-14,24H,2H2,1H3,(H,25,26). The third-order valence-corrected chi connectivity index (χ3v) is 3.90. The van der Waals surface area contributed by atoms with E-state index in [1.165, 1.54) is 11.8 Å². The van der Waals surface area contributed by atoms with Crippen LogP contribution in [-0.2, 0) is 6.42 Å². The average Bonchev–Trinajstić information content (AvgIpc) is 2.69. The zero-order valence-corrected chi connectivity index (χ0v) is 14.4. The lowest BCUT2D eigenvalue weighted by Gasteiger charge is -2.09. The average molecular weight is 342 g/mol. The van der Waals surface area contributed by atoms with E-state index in [0.29, 0.717) is 16.8 Å². The van der Waals surface area contributed by atoms with Gasteiger partial charge in [0.05, 0.1) is 29.1 Å². The van der Waals surface area contributed by atoms with Crippen molar-refractivity contribution in [2.75, 3.05) is 10.6 Å². The maximum absolute atomic E-state index is 12.4. The number of rotatable bonds is 5. The molecule has 0 atom stereocenters. The Labute approximate surface area is 152 Å². The summed E-state index contributed by atoms with van der Waals surface area (Å²) in [6, 6.07) is 18.7. The van der Waals surface area contributed by atoms with Crippen LogP contribution in [0.25, 0.3) is 0 Å². The van der Waals surface area contributed by atoms with Crippen molar-refractivity contribution in [2.45, 2.75) is 13.3 Å². The van der Waals surface area contributed by atoms with Gasteiger partial charge in [0.15, 0.2) is 0 Å². The highest BCUT2D eigenvalue weighted by atomic mass is 16.1. The van der Waals surface area contributed by atoms with Crippen LogP contribution >= 0.6 is 0 Å². The van der Waals surface area contributed by atoms with Crippen LogP contribution in [-0.4, -0.2) is 10.9 Å². The number of nitrogens with zero attached hydrogens (tertiary/aromatic N) is 2. The maximum Gasteiger partial charge on any atom is 0.257 e. The summed E-state index contributed by atoms with van der Waals surface area (Å²) in [4.78, 5) is 16.6. The first kappa shape index (κ1) is 17.2. The van der Waals surface area contributed by atoms with Gasteiger partial charge in [-0.3, -0.25) is 9.78 Å². The Kier molecular flexibility index (Phi) is 5.25. The maximum atomic E-state index is 12.4. The number of amides is 1. The summed E-state index contributed by atoms with van der Waals surface area (Å²) >= 11 is 0. The molecule has 0 spiro atoms. The molecule has 3 aromatic rings. The molecule has 5 nitrogen and oxygen atoms in total. The Morgan fingerprint density at radius 3 is 2.58 bits per heavy atom. The van der Waals surface area contributed by atoms with Gasteiger partial charge in [-0.25, -0.2) is 0 Å². The molecule has 5 heteroatoms. The van der Waals surface area contributed by atoms with Gasteiger partial charge in [-0.2, -0.15) is 5.26 Å². The minimum absolute atomic E-state index is 0.280. The first-order chi connectivity index (χ1) is 12.7. The second-order valence-electron chi connectivity index (χ2n) is 5.78. The largest absolute Gasteiger partial charge is 0.354 e. The molecular formula is C21H18N4O. The Morgan fingerprint density at radius 2 is 1.85 bits per heavy atom. The van der Waals surface area contributed by atoms with Crippen LogP contribution in [0.15, 0.2) is 67.0 Å². The molecule has 1 amide bonds. The minimum Gasteiger partial charge on any atom is -0.354 e. The van der Waals surface area contributed by atoms with Crippen LogP contribution in [0.5, 0.6) is 0 Å². The van der Waals surface area contributed by atoms with Gasteiger partial charge in [0, 0.05) is 17.6 Å². The molecule has 0 unspecified atom stereocenters. The molecule has 0 saturated carbocycles. The predicted molar refractivity (Wildman–Crippen MR) is 102 cm³/mol. The second-order valence-corrected chi connectivity index (χ2v) is 5.78. The van der Waals surface area contributed by atoms with E-state index >= 15 is 0 Å². The van der Waals surface area contributed by atoms with Crippen molar-refractivity contribution in [1.82, 2.24) is 4.98 Å². The SMILES string of the molecule is CCc1ccc(Nc2cncc(C(=O)Nc3cccc(C#N)c3)c2)cc1. The number of carbonyl (C=O) groups excluding carboxylic acids is 1. The quantitative estimate of drug-likeness (QED) is 0.715. The van der Waals surface area contributed by atoms with Gasteiger partial charge >= 0.3 is 0 Å². The molecule has 1 heterocycles. The van der Waals surface area contributed by atoms with E-state index in [-0.39, 0.29) is 5.91 Å². The fraction of sp³-hybridized carbons (Fsp3) is 0.0952. The number of hydrogen-bond donors (Lipinski definition) is 2. The van der Waals surface area contributed by atoms with Gasteiger partial charge < -0.3 is 10.6 Å². The number of anilines is 3. The van der Waals surface area contributed by atoms with Crippen molar-refractivity contribution < 1.29 is 4.79 Å². The number of aromatic nitrogens is 1. The van der Waals surface area contributed by atoms with E-state index in [1.807, 2.05) is 12.1 Å². The lowest BCUT2D eigenvalue weighted by Crippen LogP contribution is -2.12. The van der Waals surface area contributed by atoms with Gasteiger partial charge in [0.2, 0.25) is 0 Å². The summed E-state index contributed by atoms with van der Waals surface area (Å²) < 4.78 is 0. The normalized spacial score (nSPS) is 10.0. The molecule has 2 N–H and O–H groups in total. The van der Waals surface area contributed by atoms with E-state index < -0.39 is 0 Å². The summed E-state index contributed by atoms with van der Waals surface area (Å²) in [5, 5.41) is 15.0. The number of pyridine rings is 1. The zero-order chi connectivity index (χ0) is 18.4. The molecule has 0 aliphatic rings. The minimum atomic E-state index is -0.280. The van der Waals surface area contributed by atoms with E-state index in [1.54, 1.807) is 36.5 Å². The molecule has 2 aromatic carbocycles. The zero-order valence-electron chi connectivity index (χ0n) is 14.4. The molecule has 0 fully saturated rings.